The Kier molecular flexibility index (Phi) is 7.72. The summed E-state index contributed by atoms with van der Waals surface area (Å²) < 4.78 is 27.5. The van der Waals surface area contributed by atoms with E-state index in [1.54, 1.807) is 45.7 Å². The molecule has 1 unspecified atom stereocenters. The number of methoxy groups -OCH3 is 4. The van der Waals surface area contributed by atoms with Crippen molar-refractivity contribution in [1.29, 1.82) is 0 Å². The second kappa shape index (κ2) is 11.1. The lowest BCUT2D eigenvalue weighted by Crippen LogP contribution is -2.34. The highest BCUT2D eigenvalue weighted by molar-refractivity contribution is 5.98. The summed E-state index contributed by atoms with van der Waals surface area (Å²) in [6.07, 6.45) is 0.915. The largest absolute Gasteiger partial charge is 0.493 e. The van der Waals surface area contributed by atoms with E-state index in [1.165, 1.54) is 7.11 Å². The first-order valence-corrected chi connectivity index (χ1v) is 11.2. The molecule has 2 aromatic carbocycles. The summed E-state index contributed by atoms with van der Waals surface area (Å²) in [6.45, 7) is 0.231. The van der Waals surface area contributed by atoms with E-state index in [0.29, 0.717) is 39.7 Å². The number of furan rings is 1. The molecule has 1 amide bonds. The summed E-state index contributed by atoms with van der Waals surface area (Å²) in [6, 6.07) is 14.5. The van der Waals surface area contributed by atoms with Crippen molar-refractivity contribution >= 4 is 17.0 Å². The number of nitrogens with zero attached hydrogens (tertiary/aromatic N) is 1. The Labute approximate surface area is 208 Å². The van der Waals surface area contributed by atoms with Crippen molar-refractivity contribution < 1.29 is 33.3 Å². The second-order valence-electron chi connectivity index (χ2n) is 8.00. The Morgan fingerprint density at radius 3 is 2.42 bits per heavy atom. The van der Waals surface area contributed by atoms with E-state index in [2.05, 4.69) is 10.3 Å². The minimum absolute atomic E-state index is 0.0900. The Hall–Kier alpha value is -4.08. The van der Waals surface area contributed by atoms with Crippen LogP contribution in [0, 0.1) is 0 Å². The fraction of sp³-hybridized carbons (Fsp3) is 0.259. The molecule has 2 aromatic heterocycles. The zero-order chi connectivity index (χ0) is 25.7. The average Bonchev–Trinajstić information content (AvgIpc) is 3.35. The third-order valence-corrected chi connectivity index (χ3v) is 5.65. The predicted octanol–water partition coefficient (Wildman–Crippen LogP) is 3.92. The smallest absolute Gasteiger partial charge is 0.251 e. The SMILES string of the molecule is COCC(O)CNC(=O)c1cccc(-c2ccnc3cc(-c4cc(OC)c(OC)c(OC)c4)oc23)c1. The minimum atomic E-state index is -0.779. The van der Waals surface area contributed by atoms with Gasteiger partial charge in [-0.2, -0.15) is 0 Å². The van der Waals surface area contributed by atoms with Gasteiger partial charge >= 0.3 is 0 Å². The van der Waals surface area contributed by atoms with E-state index >= 15 is 0 Å². The summed E-state index contributed by atoms with van der Waals surface area (Å²) in [5, 5.41) is 12.5. The minimum Gasteiger partial charge on any atom is -0.493 e. The van der Waals surface area contributed by atoms with Crippen molar-refractivity contribution in [2.75, 3.05) is 41.6 Å². The van der Waals surface area contributed by atoms with Crippen LogP contribution in [0.5, 0.6) is 17.2 Å². The first-order valence-electron chi connectivity index (χ1n) is 11.2. The van der Waals surface area contributed by atoms with Crippen LogP contribution in [0.3, 0.4) is 0 Å². The Morgan fingerprint density at radius 1 is 1.00 bits per heavy atom. The normalized spacial score (nSPS) is 11.8. The van der Waals surface area contributed by atoms with Crippen molar-refractivity contribution in [2.24, 2.45) is 0 Å². The number of nitrogens with one attached hydrogen (secondary N) is 1. The summed E-state index contributed by atoms with van der Waals surface area (Å²) in [5.74, 6) is 1.79. The van der Waals surface area contributed by atoms with Crippen molar-refractivity contribution in [3.8, 4) is 39.7 Å². The number of carbonyl (C=O) groups is 1. The number of rotatable bonds is 10. The molecule has 9 heteroatoms. The van der Waals surface area contributed by atoms with Crippen molar-refractivity contribution in [3.63, 3.8) is 0 Å². The second-order valence-corrected chi connectivity index (χ2v) is 8.00. The van der Waals surface area contributed by atoms with Crippen molar-refractivity contribution in [3.05, 3.63) is 60.3 Å². The Bertz CT molecular complexity index is 1340. The molecule has 1 atom stereocenters. The van der Waals surface area contributed by atoms with E-state index in [9.17, 15) is 9.90 Å². The molecule has 4 aromatic rings. The van der Waals surface area contributed by atoms with Gasteiger partial charge in [0.25, 0.3) is 5.91 Å². The number of aliphatic hydroxyl groups excluding tert-OH is 1. The lowest BCUT2D eigenvalue weighted by molar-refractivity contribution is 0.0610. The first kappa shape index (κ1) is 25.0. The lowest BCUT2D eigenvalue weighted by Gasteiger charge is -2.13. The van der Waals surface area contributed by atoms with E-state index in [1.807, 2.05) is 30.3 Å². The highest BCUT2D eigenvalue weighted by Crippen LogP contribution is 2.42. The molecule has 36 heavy (non-hydrogen) atoms. The topological polar surface area (TPSA) is 112 Å². The van der Waals surface area contributed by atoms with Crippen LogP contribution in [0.1, 0.15) is 10.4 Å². The van der Waals surface area contributed by atoms with E-state index < -0.39 is 6.10 Å². The van der Waals surface area contributed by atoms with Crippen LogP contribution in [0.15, 0.2) is 59.1 Å². The number of hydrogen-bond donors (Lipinski definition) is 2. The molecule has 0 aliphatic rings. The lowest BCUT2D eigenvalue weighted by atomic mass is 10.0. The van der Waals surface area contributed by atoms with Crippen LogP contribution < -0.4 is 19.5 Å². The van der Waals surface area contributed by atoms with Crippen LogP contribution in [-0.2, 0) is 4.74 Å². The summed E-state index contributed by atoms with van der Waals surface area (Å²) >= 11 is 0. The van der Waals surface area contributed by atoms with Crippen molar-refractivity contribution in [2.45, 2.75) is 6.10 Å². The number of pyridine rings is 1. The molecule has 0 fully saturated rings. The molecular formula is C27H28N2O7. The monoisotopic (exact) mass is 492 g/mol. The van der Waals surface area contributed by atoms with E-state index in [-0.39, 0.29) is 19.1 Å². The zero-order valence-electron chi connectivity index (χ0n) is 20.5. The molecule has 0 radical (unpaired) electrons. The Balaban J connectivity index is 1.69. The fourth-order valence-electron chi connectivity index (χ4n) is 3.92. The molecule has 188 valence electrons. The molecule has 0 aliphatic carbocycles. The quantitative estimate of drug-likeness (QED) is 0.343. The van der Waals surface area contributed by atoms with Gasteiger partial charge in [0.05, 0.1) is 34.0 Å². The molecule has 0 saturated carbocycles. The molecule has 0 bridgehead atoms. The van der Waals surface area contributed by atoms with Crippen LogP contribution in [-0.4, -0.2) is 63.7 Å². The van der Waals surface area contributed by atoms with Gasteiger partial charge in [0.2, 0.25) is 5.75 Å². The number of aliphatic hydroxyl groups is 1. The molecule has 0 spiro atoms. The number of hydrogen-bond acceptors (Lipinski definition) is 8. The highest BCUT2D eigenvalue weighted by Gasteiger charge is 2.18. The number of fused-ring (bicyclic) bond motifs is 1. The van der Waals surface area contributed by atoms with Crippen LogP contribution in [0.25, 0.3) is 33.6 Å². The van der Waals surface area contributed by atoms with Crippen LogP contribution >= 0.6 is 0 Å². The third-order valence-electron chi connectivity index (χ3n) is 5.65. The van der Waals surface area contributed by atoms with E-state index in [0.717, 1.165) is 16.7 Å². The van der Waals surface area contributed by atoms with Gasteiger partial charge in [0.15, 0.2) is 17.1 Å². The van der Waals surface area contributed by atoms with Gasteiger partial charge in [-0.15, -0.1) is 0 Å². The third kappa shape index (κ3) is 5.12. The summed E-state index contributed by atoms with van der Waals surface area (Å²) in [7, 11) is 6.15. The number of ether oxygens (including phenoxy) is 4. The Morgan fingerprint density at radius 2 is 1.75 bits per heavy atom. The maximum atomic E-state index is 12.6. The van der Waals surface area contributed by atoms with Gasteiger partial charge in [0.1, 0.15) is 11.3 Å². The number of amides is 1. The van der Waals surface area contributed by atoms with Gasteiger partial charge in [-0.3, -0.25) is 9.78 Å². The molecule has 0 aliphatic heterocycles. The van der Waals surface area contributed by atoms with Gasteiger partial charge in [-0.05, 0) is 35.9 Å². The maximum absolute atomic E-state index is 12.6. The number of benzene rings is 2. The number of carbonyl (C=O) groups excluding carboxylic acids is 1. The maximum Gasteiger partial charge on any atom is 0.251 e. The predicted molar refractivity (Wildman–Crippen MR) is 135 cm³/mol. The molecular weight excluding hydrogens is 464 g/mol. The highest BCUT2D eigenvalue weighted by atomic mass is 16.5. The van der Waals surface area contributed by atoms with E-state index in [4.69, 9.17) is 23.4 Å². The molecule has 2 N–H and O–H groups in total. The summed E-state index contributed by atoms with van der Waals surface area (Å²) in [5.41, 5.74) is 4.00. The van der Waals surface area contributed by atoms with Gasteiger partial charge in [-0.1, -0.05) is 12.1 Å². The average molecular weight is 493 g/mol. The van der Waals surface area contributed by atoms with Gasteiger partial charge in [0, 0.05) is 42.6 Å². The summed E-state index contributed by atoms with van der Waals surface area (Å²) in [4.78, 5) is 17.1. The molecule has 0 saturated heterocycles. The van der Waals surface area contributed by atoms with Crippen LogP contribution in [0.4, 0.5) is 0 Å². The molecule has 4 rings (SSSR count). The first-order chi connectivity index (χ1) is 17.5. The van der Waals surface area contributed by atoms with Crippen LogP contribution in [0.2, 0.25) is 0 Å². The molecule has 9 nitrogen and oxygen atoms in total. The zero-order valence-corrected chi connectivity index (χ0v) is 20.5. The standard InChI is InChI=1S/C27H28N2O7/c1-32-15-19(30)14-29-27(31)17-7-5-6-16(10-17)20-8-9-28-21-13-22(36-25(20)21)18-11-23(33-2)26(35-4)24(12-18)34-3/h5-13,19,30H,14-15H2,1-4H3,(H,29,31). The molecule has 2 heterocycles. The van der Waals surface area contributed by atoms with Crippen molar-refractivity contribution in [1.82, 2.24) is 10.3 Å². The van der Waals surface area contributed by atoms with Gasteiger partial charge in [-0.25, -0.2) is 0 Å². The van der Waals surface area contributed by atoms with Gasteiger partial charge < -0.3 is 33.8 Å². The fourth-order valence-corrected chi connectivity index (χ4v) is 3.92. The number of aromatic nitrogens is 1.